The van der Waals surface area contributed by atoms with Gasteiger partial charge in [-0.1, -0.05) is 6.92 Å². The van der Waals surface area contributed by atoms with E-state index in [4.69, 9.17) is 4.74 Å². The summed E-state index contributed by atoms with van der Waals surface area (Å²) in [5, 5.41) is 7.80. The highest BCUT2D eigenvalue weighted by Gasteiger charge is 2.18. The first-order valence-corrected chi connectivity index (χ1v) is 6.73. The third kappa shape index (κ3) is 3.54. The molecule has 1 aromatic rings. The number of morpholine rings is 1. The maximum atomic E-state index is 5.76. The Labute approximate surface area is 109 Å². The van der Waals surface area contributed by atoms with Crippen LogP contribution in [0.4, 0.5) is 0 Å². The van der Waals surface area contributed by atoms with Gasteiger partial charge in [-0.05, 0) is 19.5 Å². The largest absolute Gasteiger partial charge is 0.374 e. The molecule has 1 aromatic heterocycles. The molecule has 1 fully saturated rings. The summed E-state index contributed by atoms with van der Waals surface area (Å²) in [5.41, 5.74) is 2.29. The minimum atomic E-state index is 0.313. The van der Waals surface area contributed by atoms with Crippen LogP contribution in [0.2, 0.25) is 0 Å². The lowest BCUT2D eigenvalue weighted by molar-refractivity contribution is -0.0254. The fourth-order valence-corrected chi connectivity index (χ4v) is 2.38. The van der Waals surface area contributed by atoms with Gasteiger partial charge in [0.25, 0.3) is 0 Å². The Bertz CT molecular complexity index is 377. The van der Waals surface area contributed by atoms with Gasteiger partial charge in [-0.15, -0.1) is 0 Å². The molecule has 0 amide bonds. The first-order valence-electron chi connectivity index (χ1n) is 6.73. The molecule has 5 nitrogen and oxygen atoms in total. The number of ether oxygens (including phenoxy) is 1. The van der Waals surface area contributed by atoms with Gasteiger partial charge in [0.15, 0.2) is 0 Å². The zero-order chi connectivity index (χ0) is 13.0. The van der Waals surface area contributed by atoms with Crippen LogP contribution in [-0.4, -0.2) is 53.6 Å². The second-order valence-corrected chi connectivity index (χ2v) is 4.92. The van der Waals surface area contributed by atoms with Crippen molar-refractivity contribution in [1.82, 2.24) is 20.0 Å². The maximum absolute atomic E-state index is 5.76. The third-order valence-corrected chi connectivity index (χ3v) is 3.45. The van der Waals surface area contributed by atoms with Gasteiger partial charge >= 0.3 is 0 Å². The molecule has 1 aliphatic rings. The number of aromatic nitrogens is 2. The molecule has 0 bridgehead atoms. The fourth-order valence-electron chi connectivity index (χ4n) is 2.38. The molecule has 18 heavy (non-hydrogen) atoms. The van der Waals surface area contributed by atoms with Crippen LogP contribution in [0.15, 0.2) is 6.07 Å². The smallest absolute Gasteiger partial charge is 0.0826 e. The molecule has 1 N–H and O–H groups in total. The monoisotopic (exact) mass is 252 g/mol. The van der Waals surface area contributed by atoms with Crippen LogP contribution in [0, 0.1) is 6.92 Å². The molecule has 1 aliphatic heterocycles. The summed E-state index contributed by atoms with van der Waals surface area (Å²) in [6, 6.07) is 2.12. The Kier molecular flexibility index (Phi) is 4.74. The summed E-state index contributed by atoms with van der Waals surface area (Å²) in [6.07, 6.45) is 0.313. The molecule has 5 heteroatoms. The zero-order valence-corrected chi connectivity index (χ0v) is 11.6. The molecule has 1 saturated heterocycles. The van der Waals surface area contributed by atoms with Crippen molar-refractivity contribution in [1.29, 1.82) is 0 Å². The van der Waals surface area contributed by atoms with E-state index in [-0.39, 0.29) is 0 Å². The molecular formula is C13H24N4O. The van der Waals surface area contributed by atoms with Gasteiger partial charge in [0, 0.05) is 33.2 Å². The van der Waals surface area contributed by atoms with Crippen LogP contribution >= 0.6 is 0 Å². The molecule has 102 valence electrons. The van der Waals surface area contributed by atoms with E-state index in [1.54, 1.807) is 0 Å². The van der Waals surface area contributed by atoms with Crippen molar-refractivity contribution in [3.8, 4) is 0 Å². The Morgan fingerprint density at radius 1 is 1.56 bits per heavy atom. The van der Waals surface area contributed by atoms with E-state index >= 15 is 0 Å². The quantitative estimate of drug-likeness (QED) is 0.830. The number of nitrogens with one attached hydrogen (secondary N) is 1. The minimum Gasteiger partial charge on any atom is -0.374 e. The van der Waals surface area contributed by atoms with Gasteiger partial charge in [0.1, 0.15) is 0 Å². The molecule has 1 atom stereocenters. The van der Waals surface area contributed by atoms with Crippen molar-refractivity contribution in [2.75, 3.05) is 32.8 Å². The number of likely N-dealkylation sites (N-methyl/N-ethyl adjacent to an activating group) is 1. The van der Waals surface area contributed by atoms with Crippen LogP contribution in [0.5, 0.6) is 0 Å². The Morgan fingerprint density at radius 2 is 2.39 bits per heavy atom. The molecule has 0 spiro atoms. The second-order valence-electron chi connectivity index (χ2n) is 4.92. The van der Waals surface area contributed by atoms with Crippen molar-refractivity contribution >= 4 is 0 Å². The summed E-state index contributed by atoms with van der Waals surface area (Å²) in [4.78, 5) is 2.43. The Balaban J connectivity index is 1.73. The van der Waals surface area contributed by atoms with E-state index < -0.39 is 0 Å². The van der Waals surface area contributed by atoms with Crippen molar-refractivity contribution in [2.24, 2.45) is 7.05 Å². The van der Waals surface area contributed by atoms with Gasteiger partial charge in [-0.25, -0.2) is 0 Å². The first kappa shape index (κ1) is 13.5. The molecular weight excluding hydrogens is 228 g/mol. The first-order chi connectivity index (χ1) is 8.69. The van der Waals surface area contributed by atoms with E-state index in [1.807, 2.05) is 18.7 Å². The number of aryl methyl sites for hydroxylation is 2. The summed E-state index contributed by atoms with van der Waals surface area (Å²) in [6.45, 7) is 10.0. The third-order valence-electron chi connectivity index (χ3n) is 3.45. The molecule has 2 heterocycles. The maximum Gasteiger partial charge on any atom is 0.0826 e. The van der Waals surface area contributed by atoms with Crippen LogP contribution in [0.1, 0.15) is 18.3 Å². The highest BCUT2D eigenvalue weighted by molar-refractivity contribution is 5.08. The van der Waals surface area contributed by atoms with Crippen molar-refractivity contribution in [3.05, 3.63) is 17.5 Å². The number of nitrogens with zero attached hydrogens (tertiary/aromatic N) is 3. The number of rotatable bonds is 5. The van der Waals surface area contributed by atoms with Crippen LogP contribution in [0.3, 0.4) is 0 Å². The highest BCUT2D eigenvalue weighted by Crippen LogP contribution is 2.05. The van der Waals surface area contributed by atoms with Gasteiger partial charge in [0.05, 0.1) is 24.1 Å². The molecule has 0 radical (unpaired) electrons. The van der Waals surface area contributed by atoms with E-state index in [0.29, 0.717) is 6.10 Å². The molecule has 0 saturated carbocycles. The lowest BCUT2D eigenvalue weighted by atomic mass is 10.2. The highest BCUT2D eigenvalue weighted by atomic mass is 16.5. The molecule has 1 unspecified atom stereocenters. The Morgan fingerprint density at radius 3 is 3.06 bits per heavy atom. The summed E-state index contributed by atoms with van der Waals surface area (Å²) in [7, 11) is 1.99. The van der Waals surface area contributed by atoms with E-state index in [1.165, 1.54) is 5.69 Å². The van der Waals surface area contributed by atoms with Crippen molar-refractivity contribution in [2.45, 2.75) is 26.5 Å². The van der Waals surface area contributed by atoms with Gasteiger partial charge < -0.3 is 10.1 Å². The normalized spacial score (nSPS) is 21.4. The Hall–Kier alpha value is -0.910. The number of hydrogen-bond donors (Lipinski definition) is 1. The van der Waals surface area contributed by atoms with Crippen LogP contribution < -0.4 is 5.32 Å². The topological polar surface area (TPSA) is 42.3 Å². The average molecular weight is 252 g/mol. The average Bonchev–Trinajstić information content (AvgIpc) is 2.68. The number of hydrogen-bond acceptors (Lipinski definition) is 4. The fraction of sp³-hybridized carbons (Fsp3) is 0.769. The molecule has 0 aromatic carbocycles. The lowest BCUT2D eigenvalue weighted by Gasteiger charge is -2.32. The lowest BCUT2D eigenvalue weighted by Crippen LogP contribution is -2.46. The summed E-state index contributed by atoms with van der Waals surface area (Å²) in [5.74, 6) is 0. The van der Waals surface area contributed by atoms with E-state index in [2.05, 4.69) is 28.3 Å². The van der Waals surface area contributed by atoms with E-state index in [0.717, 1.165) is 45.0 Å². The minimum absolute atomic E-state index is 0.313. The van der Waals surface area contributed by atoms with Gasteiger partial charge in [-0.2, -0.15) is 5.10 Å². The van der Waals surface area contributed by atoms with E-state index in [9.17, 15) is 0 Å². The summed E-state index contributed by atoms with van der Waals surface area (Å²) < 4.78 is 7.69. The van der Waals surface area contributed by atoms with Gasteiger partial charge in [-0.3, -0.25) is 9.58 Å². The standard InChI is InChI=1S/C13H24N4O/c1-4-17-5-6-18-13(10-17)9-14-8-12-7-11(2)15-16(12)3/h7,13-14H,4-6,8-10H2,1-3H3. The van der Waals surface area contributed by atoms with Gasteiger partial charge in [0.2, 0.25) is 0 Å². The zero-order valence-electron chi connectivity index (χ0n) is 11.6. The SMILES string of the molecule is CCN1CCOC(CNCc2cc(C)nn2C)C1. The molecule has 0 aliphatic carbocycles. The predicted octanol–water partition coefficient (Wildman–Crippen LogP) is 0.539. The van der Waals surface area contributed by atoms with Crippen LogP contribution in [-0.2, 0) is 18.3 Å². The second kappa shape index (κ2) is 6.31. The van der Waals surface area contributed by atoms with Crippen molar-refractivity contribution < 1.29 is 4.74 Å². The molecule has 2 rings (SSSR count). The van der Waals surface area contributed by atoms with Crippen molar-refractivity contribution in [3.63, 3.8) is 0 Å². The predicted molar refractivity (Wildman–Crippen MR) is 71.5 cm³/mol. The van der Waals surface area contributed by atoms with Crippen LogP contribution in [0.25, 0.3) is 0 Å². The summed E-state index contributed by atoms with van der Waals surface area (Å²) >= 11 is 0.